The molecular formula is C26H15Cl4N3O7. The van der Waals surface area contributed by atoms with Crippen molar-refractivity contribution in [1.82, 2.24) is 0 Å². The number of nitro groups is 1. The van der Waals surface area contributed by atoms with Crippen LogP contribution in [0.2, 0.25) is 20.1 Å². The molecule has 3 amide bonds. The van der Waals surface area contributed by atoms with Crippen molar-refractivity contribution in [2.45, 2.75) is 13.3 Å². The maximum Gasteiger partial charge on any atom is 0.316 e. The van der Waals surface area contributed by atoms with Crippen LogP contribution >= 0.6 is 46.4 Å². The lowest BCUT2D eigenvalue weighted by atomic mass is 10.1. The van der Waals surface area contributed by atoms with Gasteiger partial charge < -0.3 is 9.64 Å². The first-order chi connectivity index (χ1) is 18.9. The first-order valence-corrected chi connectivity index (χ1v) is 13.0. The standard InChI is InChI=1S/C26H15Cl4N3O7/c1-11-2-3-14(9-16(11)33(38)39)31-10-12(8-17(31)34)26(37)40-15-6-4-13(5-7-15)32-24(35)18-19(25(32)36)21(28)23(30)22(29)20(18)27/h2-7,9,12H,8,10H2,1H3/t12-/m1/s1. The number of hydrogen-bond donors (Lipinski definition) is 0. The highest BCUT2D eigenvalue weighted by molar-refractivity contribution is 6.56. The third-order valence-electron chi connectivity index (χ3n) is 6.57. The predicted molar refractivity (Wildman–Crippen MR) is 148 cm³/mol. The molecule has 0 unspecified atom stereocenters. The second kappa shape index (κ2) is 10.4. The van der Waals surface area contributed by atoms with Crippen molar-refractivity contribution < 1.29 is 28.8 Å². The number of imide groups is 1. The fraction of sp³-hybridized carbons (Fsp3) is 0.154. The summed E-state index contributed by atoms with van der Waals surface area (Å²) in [4.78, 5) is 64.4. The van der Waals surface area contributed by atoms with E-state index in [1.165, 1.54) is 41.3 Å². The van der Waals surface area contributed by atoms with E-state index >= 15 is 0 Å². The molecule has 204 valence electrons. The minimum atomic E-state index is -0.817. The van der Waals surface area contributed by atoms with Crippen LogP contribution in [0, 0.1) is 23.0 Å². The van der Waals surface area contributed by atoms with Gasteiger partial charge in [-0.25, -0.2) is 4.90 Å². The Morgan fingerprint density at radius 2 is 1.45 bits per heavy atom. The molecule has 0 radical (unpaired) electrons. The summed E-state index contributed by atoms with van der Waals surface area (Å²) < 4.78 is 5.42. The number of hydrogen-bond acceptors (Lipinski definition) is 7. The Hall–Kier alpha value is -3.70. The molecule has 0 aliphatic carbocycles. The molecule has 2 heterocycles. The predicted octanol–water partition coefficient (Wildman–Crippen LogP) is 6.28. The largest absolute Gasteiger partial charge is 0.426 e. The Balaban J connectivity index is 1.30. The molecular weight excluding hydrogens is 608 g/mol. The van der Waals surface area contributed by atoms with Crippen LogP contribution in [0.4, 0.5) is 17.1 Å². The van der Waals surface area contributed by atoms with Crippen LogP contribution in [0.3, 0.4) is 0 Å². The van der Waals surface area contributed by atoms with E-state index < -0.39 is 28.6 Å². The summed E-state index contributed by atoms with van der Waals surface area (Å²) in [7, 11) is 0. The van der Waals surface area contributed by atoms with Crippen molar-refractivity contribution in [3.05, 3.63) is 89.4 Å². The van der Waals surface area contributed by atoms with Crippen LogP contribution in [-0.2, 0) is 9.59 Å². The van der Waals surface area contributed by atoms with E-state index in [1.54, 1.807) is 13.0 Å². The van der Waals surface area contributed by atoms with Gasteiger partial charge in [-0.3, -0.25) is 29.3 Å². The number of ether oxygens (including phenoxy) is 1. The second-order valence-electron chi connectivity index (χ2n) is 9.00. The number of amides is 3. The first kappa shape index (κ1) is 27.9. The molecule has 10 nitrogen and oxygen atoms in total. The van der Waals surface area contributed by atoms with Crippen LogP contribution in [0.1, 0.15) is 32.7 Å². The Kier molecular flexibility index (Phi) is 7.22. The van der Waals surface area contributed by atoms with E-state index in [0.717, 1.165) is 4.90 Å². The number of nitro benzene ring substituents is 1. The number of halogens is 4. The van der Waals surface area contributed by atoms with E-state index in [4.69, 9.17) is 51.1 Å². The molecule has 1 fully saturated rings. The molecule has 2 aliphatic heterocycles. The number of carbonyl (C=O) groups excluding carboxylic acids is 4. The Bertz CT molecular complexity index is 1610. The molecule has 3 aromatic rings. The van der Waals surface area contributed by atoms with E-state index in [0.29, 0.717) is 11.3 Å². The molecule has 0 bridgehead atoms. The van der Waals surface area contributed by atoms with Gasteiger partial charge in [-0.2, -0.15) is 0 Å². The number of carbonyl (C=O) groups is 4. The lowest BCUT2D eigenvalue weighted by molar-refractivity contribution is -0.385. The molecule has 40 heavy (non-hydrogen) atoms. The third kappa shape index (κ3) is 4.56. The van der Waals surface area contributed by atoms with Gasteiger partial charge in [-0.1, -0.05) is 52.5 Å². The average Bonchev–Trinajstić information content (AvgIpc) is 3.43. The molecule has 0 spiro atoms. The van der Waals surface area contributed by atoms with Crippen molar-refractivity contribution in [3.8, 4) is 5.75 Å². The smallest absolute Gasteiger partial charge is 0.316 e. The summed E-state index contributed by atoms with van der Waals surface area (Å²) >= 11 is 24.4. The zero-order chi connectivity index (χ0) is 29.0. The van der Waals surface area contributed by atoms with Gasteiger partial charge in [-0.15, -0.1) is 0 Å². The second-order valence-corrected chi connectivity index (χ2v) is 10.5. The van der Waals surface area contributed by atoms with Crippen LogP contribution < -0.4 is 14.5 Å². The van der Waals surface area contributed by atoms with Gasteiger partial charge >= 0.3 is 5.97 Å². The van der Waals surface area contributed by atoms with Crippen LogP contribution in [0.25, 0.3) is 0 Å². The molecule has 0 aromatic heterocycles. The first-order valence-electron chi connectivity index (χ1n) is 11.5. The summed E-state index contributed by atoms with van der Waals surface area (Å²) in [5.74, 6) is -3.29. The van der Waals surface area contributed by atoms with Crippen molar-refractivity contribution in [2.24, 2.45) is 5.92 Å². The lowest BCUT2D eigenvalue weighted by Gasteiger charge is -2.17. The molecule has 2 aliphatic rings. The van der Waals surface area contributed by atoms with E-state index in [2.05, 4.69) is 0 Å². The van der Waals surface area contributed by atoms with Crippen LogP contribution in [0.15, 0.2) is 42.5 Å². The highest BCUT2D eigenvalue weighted by Gasteiger charge is 2.42. The highest BCUT2D eigenvalue weighted by Crippen LogP contribution is 2.45. The number of anilines is 2. The minimum absolute atomic E-state index is 0.0162. The van der Waals surface area contributed by atoms with Gasteiger partial charge in [0.15, 0.2) is 0 Å². The summed E-state index contributed by atoms with van der Waals surface area (Å²) in [5.41, 5.74) is 0.427. The molecule has 0 N–H and O–H groups in total. The SMILES string of the molecule is Cc1ccc(N2C[C@H](C(=O)Oc3ccc(N4C(=O)c5c(Cl)c(Cl)c(Cl)c(Cl)c5C4=O)cc3)CC2=O)cc1[N+](=O)[O-]. The maximum absolute atomic E-state index is 13.0. The van der Waals surface area contributed by atoms with Gasteiger partial charge in [0.05, 0.1) is 53.4 Å². The summed E-state index contributed by atoms with van der Waals surface area (Å²) in [6.45, 7) is 1.57. The number of benzene rings is 3. The number of nitrogens with zero attached hydrogens (tertiary/aromatic N) is 3. The molecule has 14 heteroatoms. The van der Waals surface area contributed by atoms with Crippen LogP contribution in [-0.4, -0.2) is 35.2 Å². The highest BCUT2D eigenvalue weighted by atomic mass is 35.5. The van der Waals surface area contributed by atoms with E-state index in [-0.39, 0.29) is 67.2 Å². The van der Waals surface area contributed by atoms with Crippen molar-refractivity contribution >= 4 is 87.2 Å². The minimum Gasteiger partial charge on any atom is -0.426 e. The van der Waals surface area contributed by atoms with Crippen molar-refractivity contribution in [2.75, 3.05) is 16.3 Å². The maximum atomic E-state index is 13.0. The normalized spacial score (nSPS) is 16.5. The zero-order valence-corrected chi connectivity index (χ0v) is 23.3. The quantitative estimate of drug-likeness (QED) is 0.0623. The van der Waals surface area contributed by atoms with Gasteiger partial charge in [0, 0.05) is 24.6 Å². The topological polar surface area (TPSA) is 127 Å². The van der Waals surface area contributed by atoms with E-state index in [9.17, 15) is 29.3 Å². The zero-order valence-electron chi connectivity index (χ0n) is 20.2. The lowest BCUT2D eigenvalue weighted by Crippen LogP contribution is -2.29. The fourth-order valence-electron chi connectivity index (χ4n) is 4.52. The Labute approximate surface area is 246 Å². The molecule has 3 aromatic carbocycles. The monoisotopic (exact) mass is 621 g/mol. The van der Waals surface area contributed by atoms with Gasteiger partial charge in [0.1, 0.15) is 5.75 Å². The molecule has 0 saturated carbocycles. The summed E-state index contributed by atoms with van der Waals surface area (Å²) in [6, 6.07) is 9.91. The van der Waals surface area contributed by atoms with Gasteiger partial charge in [0.2, 0.25) is 5.91 Å². The summed E-state index contributed by atoms with van der Waals surface area (Å²) in [6.07, 6.45) is -0.139. The van der Waals surface area contributed by atoms with Crippen LogP contribution in [0.5, 0.6) is 5.75 Å². The fourth-order valence-corrected chi connectivity index (χ4v) is 5.54. The molecule has 1 saturated heterocycles. The summed E-state index contributed by atoms with van der Waals surface area (Å²) in [5, 5.41) is 10.6. The number of rotatable bonds is 5. The molecule has 5 rings (SSSR count). The Morgan fingerprint density at radius 1 is 0.900 bits per heavy atom. The molecule has 1 atom stereocenters. The Morgan fingerprint density at radius 3 is 2.00 bits per heavy atom. The van der Waals surface area contributed by atoms with Crippen molar-refractivity contribution in [3.63, 3.8) is 0 Å². The van der Waals surface area contributed by atoms with Crippen molar-refractivity contribution in [1.29, 1.82) is 0 Å². The van der Waals surface area contributed by atoms with Gasteiger partial charge in [-0.05, 0) is 37.3 Å². The van der Waals surface area contributed by atoms with Gasteiger partial charge in [0.25, 0.3) is 17.5 Å². The van der Waals surface area contributed by atoms with E-state index in [1.807, 2.05) is 0 Å². The number of esters is 1. The average molecular weight is 623 g/mol. The third-order valence-corrected chi connectivity index (χ3v) is 8.38. The number of fused-ring (bicyclic) bond motifs is 1. The number of aryl methyl sites for hydroxylation is 1.